The van der Waals surface area contributed by atoms with Crippen LogP contribution >= 0.6 is 11.8 Å². The van der Waals surface area contributed by atoms with E-state index in [0.717, 1.165) is 24.4 Å². The maximum Gasteiger partial charge on any atom is 0.120 e. The Morgan fingerprint density at radius 3 is 3.14 bits per heavy atom. The van der Waals surface area contributed by atoms with Crippen molar-refractivity contribution in [2.24, 2.45) is 0 Å². The molecule has 1 aliphatic rings. The average molecular weight is 213 g/mol. The van der Waals surface area contributed by atoms with Crippen LogP contribution in [0.5, 0.6) is 0 Å². The number of aromatic nitrogens is 3. The number of hydrogen-bond donors (Lipinski definition) is 1. The fourth-order valence-corrected chi connectivity index (χ4v) is 3.19. The zero-order chi connectivity index (χ0) is 10.2. The molecule has 1 fully saturated rings. The summed E-state index contributed by atoms with van der Waals surface area (Å²) in [6.07, 6.45) is 2.48. The van der Waals surface area contributed by atoms with Gasteiger partial charge in [-0.15, -0.1) is 5.10 Å². The molecule has 2 unspecified atom stereocenters. The molecule has 0 aliphatic carbocycles. The first-order chi connectivity index (χ1) is 6.68. The summed E-state index contributed by atoms with van der Waals surface area (Å²) in [4.78, 5) is 0. The number of nitrogens with zero attached hydrogens (tertiary/aromatic N) is 3. The standard InChI is InChI=1S/C9H15N3OS/c1-3-12-8(6-10-11-12)9(13)4-5-14-7(9)2/h6-7,13H,3-5H2,1-2H3. The van der Waals surface area contributed by atoms with Crippen LogP contribution in [0.3, 0.4) is 0 Å². The minimum absolute atomic E-state index is 0.228. The Labute approximate surface area is 87.7 Å². The summed E-state index contributed by atoms with van der Waals surface area (Å²) in [5.41, 5.74) is 0.127. The summed E-state index contributed by atoms with van der Waals surface area (Å²) in [7, 11) is 0. The van der Waals surface area contributed by atoms with Crippen molar-refractivity contribution in [3.8, 4) is 0 Å². The van der Waals surface area contributed by atoms with E-state index in [0.29, 0.717) is 0 Å². The topological polar surface area (TPSA) is 50.9 Å². The summed E-state index contributed by atoms with van der Waals surface area (Å²) in [6.45, 7) is 4.83. The second-order valence-corrected chi connectivity index (χ2v) is 5.07. The minimum Gasteiger partial charge on any atom is -0.382 e. The molecular weight excluding hydrogens is 198 g/mol. The van der Waals surface area contributed by atoms with Crippen LogP contribution in [0.25, 0.3) is 0 Å². The predicted octanol–water partition coefficient (Wildman–Crippen LogP) is 1.01. The van der Waals surface area contributed by atoms with Gasteiger partial charge in [-0.1, -0.05) is 12.1 Å². The van der Waals surface area contributed by atoms with E-state index in [-0.39, 0.29) is 5.25 Å². The van der Waals surface area contributed by atoms with E-state index in [9.17, 15) is 5.11 Å². The summed E-state index contributed by atoms with van der Waals surface area (Å²) < 4.78 is 1.78. The molecule has 0 saturated carbocycles. The van der Waals surface area contributed by atoms with Crippen LogP contribution in [0, 0.1) is 0 Å². The molecule has 1 aromatic heterocycles. The first-order valence-electron chi connectivity index (χ1n) is 4.91. The average Bonchev–Trinajstić information content (AvgIpc) is 2.75. The van der Waals surface area contributed by atoms with Gasteiger partial charge in [-0.3, -0.25) is 0 Å². The van der Waals surface area contributed by atoms with Crippen molar-refractivity contribution in [1.82, 2.24) is 15.0 Å². The second kappa shape index (κ2) is 3.55. The molecule has 2 heterocycles. The Bertz CT molecular complexity index is 328. The molecule has 14 heavy (non-hydrogen) atoms. The van der Waals surface area contributed by atoms with E-state index in [4.69, 9.17) is 0 Å². The minimum atomic E-state index is -0.732. The molecule has 0 spiro atoms. The lowest BCUT2D eigenvalue weighted by molar-refractivity contribution is 0.0335. The van der Waals surface area contributed by atoms with E-state index < -0.39 is 5.60 Å². The Hall–Kier alpha value is -0.550. The molecule has 1 aromatic rings. The van der Waals surface area contributed by atoms with Crippen LogP contribution in [-0.2, 0) is 12.1 Å². The lowest BCUT2D eigenvalue weighted by Gasteiger charge is -2.26. The highest BCUT2D eigenvalue weighted by Gasteiger charge is 2.43. The van der Waals surface area contributed by atoms with Gasteiger partial charge in [0, 0.05) is 11.8 Å². The van der Waals surface area contributed by atoms with Crippen molar-refractivity contribution in [2.45, 2.75) is 37.7 Å². The molecule has 4 nitrogen and oxygen atoms in total. The SMILES string of the molecule is CCn1nncc1C1(O)CCSC1C. The number of aryl methyl sites for hydroxylation is 1. The van der Waals surface area contributed by atoms with Crippen LogP contribution in [0.1, 0.15) is 26.0 Å². The molecule has 1 aliphatic heterocycles. The second-order valence-electron chi connectivity index (χ2n) is 3.62. The number of thioether (sulfide) groups is 1. The van der Waals surface area contributed by atoms with Crippen molar-refractivity contribution in [1.29, 1.82) is 0 Å². The van der Waals surface area contributed by atoms with Crippen LogP contribution in [0.2, 0.25) is 0 Å². The molecule has 2 atom stereocenters. The van der Waals surface area contributed by atoms with Crippen LogP contribution in [0.15, 0.2) is 6.20 Å². The molecule has 2 rings (SSSR count). The normalized spacial score (nSPS) is 32.4. The Morgan fingerprint density at radius 1 is 1.79 bits per heavy atom. The van der Waals surface area contributed by atoms with Crippen LogP contribution in [0.4, 0.5) is 0 Å². The van der Waals surface area contributed by atoms with Gasteiger partial charge in [0.25, 0.3) is 0 Å². The van der Waals surface area contributed by atoms with Crippen molar-refractivity contribution in [3.63, 3.8) is 0 Å². The lowest BCUT2D eigenvalue weighted by Crippen LogP contribution is -2.34. The van der Waals surface area contributed by atoms with E-state index in [2.05, 4.69) is 17.2 Å². The number of rotatable bonds is 2. The van der Waals surface area contributed by atoms with E-state index in [1.165, 1.54) is 0 Å². The maximum absolute atomic E-state index is 10.5. The largest absolute Gasteiger partial charge is 0.382 e. The van der Waals surface area contributed by atoms with Crippen molar-refractivity contribution >= 4 is 11.8 Å². The third-order valence-corrected chi connectivity index (χ3v) is 4.21. The summed E-state index contributed by atoms with van der Waals surface area (Å²) in [5.74, 6) is 1.01. The highest BCUT2D eigenvalue weighted by atomic mass is 32.2. The van der Waals surface area contributed by atoms with Gasteiger partial charge in [0.15, 0.2) is 0 Å². The highest BCUT2D eigenvalue weighted by molar-refractivity contribution is 8.00. The van der Waals surface area contributed by atoms with Crippen molar-refractivity contribution in [2.75, 3.05) is 5.75 Å². The Balaban J connectivity index is 2.37. The predicted molar refractivity (Wildman–Crippen MR) is 56.1 cm³/mol. The highest BCUT2D eigenvalue weighted by Crippen LogP contribution is 2.42. The number of hydrogen-bond acceptors (Lipinski definition) is 4. The molecule has 0 bridgehead atoms. The van der Waals surface area contributed by atoms with Crippen LogP contribution < -0.4 is 0 Å². The fraction of sp³-hybridized carbons (Fsp3) is 0.778. The van der Waals surface area contributed by atoms with Gasteiger partial charge in [0.2, 0.25) is 0 Å². The van der Waals surface area contributed by atoms with E-state index in [1.54, 1.807) is 22.6 Å². The fourth-order valence-electron chi connectivity index (χ4n) is 1.90. The lowest BCUT2D eigenvalue weighted by atomic mass is 9.94. The van der Waals surface area contributed by atoms with Gasteiger partial charge in [-0.25, -0.2) is 4.68 Å². The zero-order valence-electron chi connectivity index (χ0n) is 8.47. The molecule has 0 radical (unpaired) electrons. The monoisotopic (exact) mass is 213 g/mol. The Morgan fingerprint density at radius 2 is 2.57 bits per heavy atom. The Kier molecular flexibility index (Phi) is 2.53. The van der Waals surface area contributed by atoms with Crippen molar-refractivity contribution in [3.05, 3.63) is 11.9 Å². The smallest absolute Gasteiger partial charge is 0.120 e. The summed E-state index contributed by atoms with van der Waals surface area (Å²) >= 11 is 1.80. The quantitative estimate of drug-likeness (QED) is 0.796. The molecule has 5 heteroatoms. The van der Waals surface area contributed by atoms with E-state index >= 15 is 0 Å². The molecule has 78 valence electrons. The van der Waals surface area contributed by atoms with Gasteiger partial charge in [-0.2, -0.15) is 11.8 Å². The maximum atomic E-state index is 10.5. The van der Waals surface area contributed by atoms with Crippen molar-refractivity contribution < 1.29 is 5.11 Å². The molecule has 1 N–H and O–H groups in total. The van der Waals surface area contributed by atoms with Gasteiger partial charge in [-0.05, 0) is 19.1 Å². The van der Waals surface area contributed by atoms with Crippen LogP contribution in [-0.4, -0.2) is 31.1 Å². The molecule has 1 saturated heterocycles. The molecule has 0 aromatic carbocycles. The summed E-state index contributed by atoms with van der Waals surface area (Å²) in [5, 5.41) is 18.6. The number of aliphatic hydroxyl groups is 1. The van der Waals surface area contributed by atoms with Gasteiger partial charge in [0.05, 0.1) is 11.9 Å². The first-order valence-corrected chi connectivity index (χ1v) is 5.96. The molecule has 0 amide bonds. The third kappa shape index (κ3) is 1.35. The third-order valence-electron chi connectivity index (χ3n) is 2.88. The van der Waals surface area contributed by atoms with Gasteiger partial charge >= 0.3 is 0 Å². The molecular formula is C9H15N3OS. The first kappa shape index (κ1) is 9.98. The van der Waals surface area contributed by atoms with Gasteiger partial charge in [0.1, 0.15) is 5.60 Å². The zero-order valence-corrected chi connectivity index (χ0v) is 9.29. The van der Waals surface area contributed by atoms with E-state index in [1.807, 2.05) is 6.92 Å². The summed E-state index contributed by atoms with van der Waals surface area (Å²) in [6, 6.07) is 0. The van der Waals surface area contributed by atoms with Gasteiger partial charge < -0.3 is 5.11 Å².